The fourth-order valence-electron chi connectivity index (χ4n) is 2.14. The summed E-state index contributed by atoms with van der Waals surface area (Å²) < 4.78 is 5.33. The topological polar surface area (TPSA) is 120 Å². The van der Waals surface area contributed by atoms with Crippen molar-refractivity contribution in [2.24, 2.45) is 16.5 Å². The van der Waals surface area contributed by atoms with Crippen molar-refractivity contribution in [1.82, 2.24) is 5.32 Å². The van der Waals surface area contributed by atoms with E-state index in [-0.39, 0.29) is 17.9 Å². The third-order valence-corrected chi connectivity index (χ3v) is 3.31. The molecule has 0 saturated heterocycles. The number of ether oxygens (including phenoxy) is 1. The average Bonchev–Trinajstić information content (AvgIpc) is 2.60. The highest BCUT2D eigenvalue weighted by Crippen LogP contribution is 2.17. The van der Waals surface area contributed by atoms with Crippen molar-refractivity contribution in [3.63, 3.8) is 0 Å². The van der Waals surface area contributed by atoms with Gasteiger partial charge in [-0.25, -0.2) is 9.79 Å². The molecule has 0 fully saturated rings. The minimum Gasteiger partial charge on any atom is -0.423 e. The quantitative estimate of drug-likeness (QED) is 0.238. The molecule has 0 unspecified atom stereocenters. The molecular weight excluding hydrogens is 344 g/mol. The normalized spacial score (nSPS) is 10.6. The fourth-order valence-corrected chi connectivity index (χ4v) is 2.14. The highest BCUT2D eigenvalue weighted by molar-refractivity contribution is 5.92. The molecule has 7 heteroatoms. The van der Waals surface area contributed by atoms with Gasteiger partial charge in [-0.15, -0.1) is 0 Å². The van der Waals surface area contributed by atoms with E-state index in [1.165, 1.54) is 6.08 Å². The van der Waals surface area contributed by atoms with E-state index in [1.54, 1.807) is 54.6 Å². The van der Waals surface area contributed by atoms with E-state index in [1.807, 2.05) is 13.8 Å². The standard InChI is InChI=1S/C20H22N4O3/c1-13(2)23-18(25)12-5-14-3-10-17(11-4-14)27-19(26)15-6-8-16(9-7-15)24-20(21)22/h3-13H,1-2H3,(H,23,25)(H4,21,22,24)/b12-5+. The minimum absolute atomic E-state index is 0.0545. The van der Waals surface area contributed by atoms with Crippen LogP contribution in [0.4, 0.5) is 5.69 Å². The third-order valence-electron chi connectivity index (χ3n) is 3.31. The predicted octanol–water partition coefficient (Wildman–Crippen LogP) is 2.35. The van der Waals surface area contributed by atoms with Gasteiger partial charge in [-0.1, -0.05) is 12.1 Å². The van der Waals surface area contributed by atoms with Crippen LogP contribution in [0.15, 0.2) is 59.6 Å². The average molecular weight is 366 g/mol. The zero-order chi connectivity index (χ0) is 19.8. The largest absolute Gasteiger partial charge is 0.423 e. The molecule has 1 amide bonds. The van der Waals surface area contributed by atoms with Crippen LogP contribution in [0.25, 0.3) is 6.08 Å². The molecule has 140 valence electrons. The number of aliphatic imine (C=N–C) groups is 1. The van der Waals surface area contributed by atoms with Crippen molar-refractivity contribution < 1.29 is 14.3 Å². The zero-order valence-corrected chi connectivity index (χ0v) is 15.2. The molecule has 7 nitrogen and oxygen atoms in total. The summed E-state index contributed by atoms with van der Waals surface area (Å²) in [6, 6.07) is 13.3. The molecule has 0 heterocycles. The second-order valence-corrected chi connectivity index (χ2v) is 6.04. The lowest BCUT2D eigenvalue weighted by atomic mass is 10.2. The van der Waals surface area contributed by atoms with Gasteiger partial charge in [0, 0.05) is 12.1 Å². The second kappa shape index (κ2) is 9.19. The van der Waals surface area contributed by atoms with Gasteiger partial charge in [-0.2, -0.15) is 0 Å². The molecule has 2 aromatic carbocycles. The van der Waals surface area contributed by atoms with E-state index >= 15 is 0 Å². The van der Waals surface area contributed by atoms with Crippen molar-refractivity contribution in [2.45, 2.75) is 19.9 Å². The third kappa shape index (κ3) is 6.66. The summed E-state index contributed by atoms with van der Waals surface area (Å²) in [5.41, 5.74) is 12.3. The summed E-state index contributed by atoms with van der Waals surface area (Å²) >= 11 is 0. The Kier molecular flexibility index (Phi) is 6.71. The molecule has 0 spiro atoms. The van der Waals surface area contributed by atoms with Gasteiger partial charge >= 0.3 is 5.97 Å². The van der Waals surface area contributed by atoms with Crippen LogP contribution in [-0.4, -0.2) is 23.9 Å². The summed E-state index contributed by atoms with van der Waals surface area (Å²) in [7, 11) is 0. The van der Waals surface area contributed by atoms with Crippen LogP contribution in [0.1, 0.15) is 29.8 Å². The number of benzene rings is 2. The van der Waals surface area contributed by atoms with Gasteiger partial charge in [-0.05, 0) is 61.9 Å². The van der Waals surface area contributed by atoms with E-state index < -0.39 is 5.97 Å². The number of hydrogen-bond acceptors (Lipinski definition) is 4. The smallest absolute Gasteiger partial charge is 0.343 e. The van der Waals surface area contributed by atoms with Gasteiger partial charge in [0.25, 0.3) is 0 Å². The Balaban J connectivity index is 1.97. The van der Waals surface area contributed by atoms with Gasteiger partial charge in [0.05, 0.1) is 11.3 Å². The first-order valence-electron chi connectivity index (χ1n) is 8.34. The molecule has 2 aromatic rings. The lowest BCUT2D eigenvalue weighted by molar-refractivity contribution is -0.116. The van der Waals surface area contributed by atoms with Crippen molar-refractivity contribution in [3.8, 4) is 5.75 Å². The minimum atomic E-state index is -0.495. The Morgan fingerprint density at radius 3 is 2.22 bits per heavy atom. The number of nitrogens with zero attached hydrogens (tertiary/aromatic N) is 1. The highest BCUT2D eigenvalue weighted by Gasteiger charge is 2.08. The maximum Gasteiger partial charge on any atom is 0.343 e. The second-order valence-electron chi connectivity index (χ2n) is 6.04. The van der Waals surface area contributed by atoms with Crippen LogP contribution in [0.2, 0.25) is 0 Å². The van der Waals surface area contributed by atoms with Crippen molar-refractivity contribution in [3.05, 3.63) is 65.7 Å². The number of nitrogens with one attached hydrogen (secondary N) is 1. The van der Waals surface area contributed by atoms with Crippen LogP contribution >= 0.6 is 0 Å². The molecule has 0 saturated carbocycles. The molecule has 0 aliphatic carbocycles. The zero-order valence-electron chi connectivity index (χ0n) is 15.2. The Hall–Kier alpha value is -3.61. The molecule has 0 radical (unpaired) electrons. The van der Waals surface area contributed by atoms with Crippen molar-refractivity contribution >= 4 is 29.6 Å². The number of nitrogens with two attached hydrogens (primary N) is 2. The van der Waals surface area contributed by atoms with Gasteiger partial charge in [0.2, 0.25) is 5.91 Å². The lowest BCUT2D eigenvalue weighted by Crippen LogP contribution is -2.28. The number of esters is 1. The Morgan fingerprint density at radius 2 is 1.67 bits per heavy atom. The van der Waals surface area contributed by atoms with Crippen LogP contribution in [0.5, 0.6) is 5.75 Å². The summed E-state index contributed by atoms with van der Waals surface area (Å²) in [6.45, 7) is 3.78. The summed E-state index contributed by atoms with van der Waals surface area (Å²) in [5, 5.41) is 2.77. The maximum atomic E-state index is 12.2. The number of hydrogen-bond donors (Lipinski definition) is 3. The fraction of sp³-hybridized carbons (Fsp3) is 0.150. The number of rotatable bonds is 6. The molecule has 0 bridgehead atoms. The number of amides is 1. The molecule has 27 heavy (non-hydrogen) atoms. The number of carbonyl (C=O) groups is 2. The molecule has 2 rings (SSSR count). The summed E-state index contributed by atoms with van der Waals surface area (Å²) in [6.07, 6.45) is 3.14. The van der Waals surface area contributed by atoms with E-state index in [0.29, 0.717) is 17.0 Å². The molecule has 0 aromatic heterocycles. The number of carbonyl (C=O) groups excluding carboxylic acids is 2. The maximum absolute atomic E-state index is 12.2. The van der Waals surface area contributed by atoms with Gasteiger partial charge in [0.1, 0.15) is 5.75 Å². The highest BCUT2D eigenvalue weighted by atomic mass is 16.5. The van der Waals surface area contributed by atoms with Crippen LogP contribution < -0.4 is 21.5 Å². The summed E-state index contributed by atoms with van der Waals surface area (Å²) in [5.74, 6) is -0.311. The monoisotopic (exact) mass is 366 g/mol. The molecular formula is C20H22N4O3. The molecule has 5 N–H and O–H groups in total. The van der Waals surface area contributed by atoms with E-state index in [9.17, 15) is 9.59 Å². The van der Waals surface area contributed by atoms with Gasteiger partial charge in [0.15, 0.2) is 5.96 Å². The Morgan fingerprint density at radius 1 is 1.04 bits per heavy atom. The van der Waals surface area contributed by atoms with Gasteiger partial charge < -0.3 is 21.5 Å². The van der Waals surface area contributed by atoms with E-state index in [0.717, 1.165) is 5.56 Å². The van der Waals surface area contributed by atoms with Crippen LogP contribution in [0, 0.1) is 0 Å². The molecule has 0 atom stereocenters. The first-order chi connectivity index (χ1) is 12.8. The van der Waals surface area contributed by atoms with E-state index in [2.05, 4.69) is 10.3 Å². The Bertz CT molecular complexity index is 850. The van der Waals surface area contributed by atoms with Crippen LogP contribution in [0.3, 0.4) is 0 Å². The Labute approximate surface area is 157 Å². The molecule has 0 aliphatic rings. The number of guanidine groups is 1. The summed E-state index contributed by atoms with van der Waals surface area (Å²) in [4.78, 5) is 27.7. The van der Waals surface area contributed by atoms with Crippen LogP contribution in [-0.2, 0) is 4.79 Å². The van der Waals surface area contributed by atoms with Gasteiger partial charge in [-0.3, -0.25) is 4.79 Å². The first-order valence-corrected chi connectivity index (χ1v) is 8.34. The predicted molar refractivity (Wildman–Crippen MR) is 106 cm³/mol. The first kappa shape index (κ1) is 19.7. The lowest BCUT2D eigenvalue weighted by Gasteiger charge is -2.06. The molecule has 0 aliphatic heterocycles. The van der Waals surface area contributed by atoms with Crippen molar-refractivity contribution in [2.75, 3.05) is 0 Å². The van der Waals surface area contributed by atoms with Crippen molar-refractivity contribution in [1.29, 1.82) is 0 Å². The SMILES string of the molecule is CC(C)NC(=O)/C=C/c1ccc(OC(=O)c2ccc(N=C(N)N)cc2)cc1. The van der Waals surface area contributed by atoms with E-state index in [4.69, 9.17) is 16.2 Å².